The van der Waals surface area contributed by atoms with E-state index in [2.05, 4.69) is 10.6 Å². The minimum absolute atomic E-state index is 0.730. The molecule has 1 saturated heterocycles. The molecular weight excluding hydrogens is 227 g/mol. The lowest BCUT2D eigenvalue weighted by Crippen LogP contribution is -2.13. The molecule has 1 aromatic rings. The van der Waals surface area contributed by atoms with E-state index in [1.54, 1.807) is 13.8 Å². The van der Waals surface area contributed by atoms with Crippen LogP contribution in [0.25, 0.3) is 0 Å². The molecule has 2 nitrogen and oxygen atoms in total. The van der Waals surface area contributed by atoms with Crippen LogP contribution in [0.4, 0.5) is 10.1 Å². The van der Waals surface area contributed by atoms with E-state index in [-0.39, 0.29) is 0 Å². The van der Waals surface area contributed by atoms with Gasteiger partial charge >= 0.3 is 0 Å². The normalized spacial score (nSPS) is 20.1. The SMILES string of the molecule is CC(C)(F)c1ccc(NCCC2CCNC2)cc1. The number of nitrogens with one attached hydrogen (secondary N) is 2. The maximum absolute atomic E-state index is 13.7. The minimum atomic E-state index is -1.26. The second-order valence-electron chi connectivity index (χ2n) is 5.62. The van der Waals surface area contributed by atoms with Crippen molar-refractivity contribution in [1.82, 2.24) is 5.32 Å². The van der Waals surface area contributed by atoms with Crippen LogP contribution in [-0.2, 0) is 5.67 Å². The van der Waals surface area contributed by atoms with Gasteiger partial charge in [0.25, 0.3) is 0 Å². The van der Waals surface area contributed by atoms with Crippen LogP contribution in [0.5, 0.6) is 0 Å². The molecule has 1 fully saturated rings. The summed E-state index contributed by atoms with van der Waals surface area (Å²) >= 11 is 0. The van der Waals surface area contributed by atoms with E-state index in [9.17, 15) is 4.39 Å². The fraction of sp³-hybridized carbons (Fsp3) is 0.600. The van der Waals surface area contributed by atoms with E-state index in [1.807, 2.05) is 24.3 Å². The largest absolute Gasteiger partial charge is 0.385 e. The third-order valence-electron chi connectivity index (χ3n) is 3.62. The van der Waals surface area contributed by atoms with Crippen molar-refractivity contribution in [3.63, 3.8) is 0 Å². The van der Waals surface area contributed by atoms with Gasteiger partial charge in [-0.15, -0.1) is 0 Å². The van der Waals surface area contributed by atoms with Gasteiger partial charge in [-0.1, -0.05) is 12.1 Å². The molecule has 2 N–H and O–H groups in total. The fourth-order valence-electron chi connectivity index (χ4n) is 2.37. The minimum Gasteiger partial charge on any atom is -0.385 e. The van der Waals surface area contributed by atoms with E-state index in [4.69, 9.17) is 0 Å². The third-order valence-corrected chi connectivity index (χ3v) is 3.62. The third kappa shape index (κ3) is 3.70. The van der Waals surface area contributed by atoms with Gasteiger partial charge in [0.2, 0.25) is 0 Å². The zero-order valence-electron chi connectivity index (χ0n) is 11.3. The van der Waals surface area contributed by atoms with Crippen LogP contribution in [0.3, 0.4) is 0 Å². The Kier molecular flexibility index (Phi) is 4.23. The average Bonchev–Trinajstić information content (AvgIpc) is 2.82. The molecule has 3 heteroatoms. The van der Waals surface area contributed by atoms with Crippen LogP contribution in [0, 0.1) is 5.92 Å². The first-order chi connectivity index (χ1) is 8.55. The Morgan fingerprint density at radius 1 is 1.33 bits per heavy atom. The molecule has 1 aromatic carbocycles. The van der Waals surface area contributed by atoms with E-state index in [1.165, 1.54) is 12.8 Å². The highest BCUT2D eigenvalue weighted by molar-refractivity contribution is 5.45. The Labute approximate surface area is 109 Å². The molecule has 0 aromatic heterocycles. The Morgan fingerprint density at radius 2 is 2.06 bits per heavy atom. The molecule has 1 aliphatic rings. The first-order valence-corrected chi connectivity index (χ1v) is 6.80. The molecule has 100 valence electrons. The van der Waals surface area contributed by atoms with Crippen molar-refractivity contribution >= 4 is 5.69 Å². The Morgan fingerprint density at radius 3 is 2.61 bits per heavy atom. The van der Waals surface area contributed by atoms with Gasteiger partial charge < -0.3 is 10.6 Å². The van der Waals surface area contributed by atoms with Crippen molar-refractivity contribution < 1.29 is 4.39 Å². The summed E-state index contributed by atoms with van der Waals surface area (Å²) in [5.74, 6) is 0.807. The van der Waals surface area contributed by atoms with Gasteiger partial charge in [-0.05, 0) is 63.4 Å². The molecule has 1 atom stereocenters. The van der Waals surface area contributed by atoms with Crippen LogP contribution in [0.15, 0.2) is 24.3 Å². The number of hydrogen-bond donors (Lipinski definition) is 2. The molecule has 0 spiro atoms. The number of hydrogen-bond acceptors (Lipinski definition) is 2. The molecular formula is C15H23FN2. The molecule has 18 heavy (non-hydrogen) atoms. The second kappa shape index (κ2) is 5.70. The quantitative estimate of drug-likeness (QED) is 0.838. The summed E-state index contributed by atoms with van der Waals surface area (Å²) < 4.78 is 13.7. The van der Waals surface area contributed by atoms with Crippen LogP contribution >= 0.6 is 0 Å². The Hall–Kier alpha value is -1.09. The second-order valence-corrected chi connectivity index (χ2v) is 5.62. The number of halogens is 1. The lowest BCUT2D eigenvalue weighted by Gasteiger charge is -2.15. The van der Waals surface area contributed by atoms with Gasteiger partial charge in [0, 0.05) is 12.2 Å². The van der Waals surface area contributed by atoms with Crippen molar-refractivity contribution in [1.29, 1.82) is 0 Å². The van der Waals surface area contributed by atoms with E-state index in [0.29, 0.717) is 0 Å². The summed E-state index contributed by atoms with van der Waals surface area (Å²) in [5.41, 5.74) is 0.552. The number of anilines is 1. The van der Waals surface area contributed by atoms with Gasteiger partial charge in [-0.25, -0.2) is 4.39 Å². The lowest BCUT2D eigenvalue weighted by molar-refractivity contribution is 0.221. The molecule has 0 aliphatic carbocycles. The van der Waals surface area contributed by atoms with Crippen LogP contribution < -0.4 is 10.6 Å². The Balaban J connectivity index is 1.79. The molecule has 1 heterocycles. The molecule has 0 radical (unpaired) electrons. The van der Waals surface area contributed by atoms with Crippen molar-refractivity contribution in [2.24, 2.45) is 5.92 Å². The zero-order valence-corrected chi connectivity index (χ0v) is 11.3. The molecule has 0 amide bonds. The first kappa shape index (κ1) is 13.3. The average molecular weight is 250 g/mol. The number of rotatable bonds is 5. The van der Waals surface area contributed by atoms with E-state index >= 15 is 0 Å². The molecule has 1 unspecified atom stereocenters. The van der Waals surface area contributed by atoms with Crippen LogP contribution in [0.1, 0.15) is 32.3 Å². The summed E-state index contributed by atoms with van der Waals surface area (Å²) in [7, 11) is 0. The van der Waals surface area contributed by atoms with Crippen LogP contribution in [-0.4, -0.2) is 19.6 Å². The van der Waals surface area contributed by atoms with Gasteiger partial charge in [0.05, 0.1) is 0 Å². The zero-order chi connectivity index (χ0) is 13.0. The molecule has 0 saturated carbocycles. The van der Waals surface area contributed by atoms with Gasteiger partial charge in [0.1, 0.15) is 5.67 Å². The van der Waals surface area contributed by atoms with Gasteiger partial charge in [0.15, 0.2) is 0 Å². The van der Waals surface area contributed by atoms with E-state index in [0.717, 1.165) is 36.8 Å². The molecule has 1 aliphatic heterocycles. The lowest BCUT2D eigenvalue weighted by atomic mass is 10.00. The van der Waals surface area contributed by atoms with Gasteiger partial charge in [-0.2, -0.15) is 0 Å². The van der Waals surface area contributed by atoms with Crippen molar-refractivity contribution in [2.45, 2.75) is 32.4 Å². The summed E-state index contributed by atoms with van der Waals surface area (Å²) in [4.78, 5) is 0. The smallest absolute Gasteiger partial charge is 0.130 e. The predicted molar refractivity (Wildman–Crippen MR) is 74.7 cm³/mol. The van der Waals surface area contributed by atoms with Crippen molar-refractivity contribution in [3.8, 4) is 0 Å². The number of alkyl halides is 1. The summed E-state index contributed by atoms with van der Waals surface area (Å²) in [6, 6.07) is 7.64. The summed E-state index contributed by atoms with van der Waals surface area (Å²) in [6.07, 6.45) is 2.49. The maximum atomic E-state index is 13.7. The van der Waals surface area contributed by atoms with Crippen molar-refractivity contribution in [2.75, 3.05) is 25.0 Å². The highest BCUT2D eigenvalue weighted by Crippen LogP contribution is 2.25. The van der Waals surface area contributed by atoms with E-state index < -0.39 is 5.67 Å². The topological polar surface area (TPSA) is 24.1 Å². The summed E-state index contributed by atoms with van der Waals surface area (Å²) in [5, 5.41) is 6.78. The molecule has 0 bridgehead atoms. The highest BCUT2D eigenvalue weighted by atomic mass is 19.1. The monoisotopic (exact) mass is 250 g/mol. The van der Waals surface area contributed by atoms with Crippen molar-refractivity contribution in [3.05, 3.63) is 29.8 Å². The first-order valence-electron chi connectivity index (χ1n) is 6.80. The number of benzene rings is 1. The fourth-order valence-corrected chi connectivity index (χ4v) is 2.37. The Bertz CT molecular complexity index is 361. The predicted octanol–water partition coefficient (Wildman–Crippen LogP) is 3.30. The van der Waals surface area contributed by atoms with Gasteiger partial charge in [-0.3, -0.25) is 0 Å². The summed E-state index contributed by atoms with van der Waals surface area (Å²) in [6.45, 7) is 6.47. The molecule has 2 rings (SSSR count). The standard InChI is InChI=1S/C15H23FN2/c1-15(2,16)13-3-5-14(6-4-13)18-10-8-12-7-9-17-11-12/h3-6,12,17-18H,7-11H2,1-2H3. The maximum Gasteiger partial charge on any atom is 0.130 e. The van der Waals surface area contributed by atoms with Crippen LogP contribution in [0.2, 0.25) is 0 Å². The highest BCUT2D eigenvalue weighted by Gasteiger charge is 2.18.